The zero-order valence-electron chi connectivity index (χ0n) is 12.1. The van der Waals surface area contributed by atoms with E-state index in [1.54, 1.807) is 0 Å². The van der Waals surface area contributed by atoms with Crippen LogP contribution in [0.4, 0.5) is 0 Å². The molecule has 1 saturated carbocycles. The molecule has 0 aromatic heterocycles. The third-order valence-electron chi connectivity index (χ3n) is 4.15. The molecule has 2 atom stereocenters. The molecule has 0 bridgehead atoms. The SMILES string of the molecule is CCc1ccc(C(C)NC(=O)C(C)(N)C2CC2)cc1. The Bertz CT molecular complexity index is 446. The molecule has 0 radical (unpaired) electrons. The summed E-state index contributed by atoms with van der Waals surface area (Å²) >= 11 is 0. The van der Waals surface area contributed by atoms with Gasteiger partial charge in [-0.2, -0.15) is 0 Å². The van der Waals surface area contributed by atoms with Crippen LogP contribution in [0.5, 0.6) is 0 Å². The fourth-order valence-corrected chi connectivity index (χ4v) is 2.35. The van der Waals surface area contributed by atoms with E-state index in [1.165, 1.54) is 5.56 Å². The molecule has 1 aliphatic carbocycles. The molecular weight excluding hydrogens is 236 g/mol. The molecule has 1 aromatic carbocycles. The molecular formula is C16H24N2O. The highest BCUT2D eigenvalue weighted by molar-refractivity contribution is 5.86. The van der Waals surface area contributed by atoms with Crippen LogP contribution in [0.3, 0.4) is 0 Å². The first-order valence-electron chi connectivity index (χ1n) is 7.13. The smallest absolute Gasteiger partial charge is 0.240 e. The van der Waals surface area contributed by atoms with E-state index in [4.69, 9.17) is 5.73 Å². The Kier molecular flexibility index (Phi) is 3.95. The van der Waals surface area contributed by atoms with Crippen molar-refractivity contribution in [2.24, 2.45) is 11.7 Å². The normalized spacial score (nSPS) is 19.6. The fourth-order valence-electron chi connectivity index (χ4n) is 2.35. The molecule has 3 N–H and O–H groups in total. The van der Waals surface area contributed by atoms with Crippen molar-refractivity contribution in [1.82, 2.24) is 5.32 Å². The van der Waals surface area contributed by atoms with Gasteiger partial charge in [0.05, 0.1) is 11.6 Å². The van der Waals surface area contributed by atoms with Gasteiger partial charge in [-0.25, -0.2) is 0 Å². The quantitative estimate of drug-likeness (QED) is 0.855. The second-order valence-corrected chi connectivity index (χ2v) is 5.85. The van der Waals surface area contributed by atoms with Crippen LogP contribution < -0.4 is 11.1 Å². The van der Waals surface area contributed by atoms with E-state index < -0.39 is 5.54 Å². The van der Waals surface area contributed by atoms with Crippen molar-refractivity contribution in [1.29, 1.82) is 0 Å². The van der Waals surface area contributed by atoms with Crippen molar-refractivity contribution >= 4 is 5.91 Å². The molecule has 3 nitrogen and oxygen atoms in total. The Morgan fingerprint density at radius 2 is 2.00 bits per heavy atom. The first kappa shape index (κ1) is 14.1. The standard InChI is InChI=1S/C16H24N2O/c1-4-12-5-7-13(8-6-12)11(2)18-15(19)16(3,17)14-9-10-14/h5-8,11,14H,4,9-10,17H2,1-3H3,(H,18,19). The molecule has 1 fully saturated rings. The van der Waals surface area contributed by atoms with Gasteiger partial charge in [-0.1, -0.05) is 31.2 Å². The number of carbonyl (C=O) groups is 1. The number of amides is 1. The van der Waals surface area contributed by atoms with Gasteiger partial charge in [-0.05, 0) is 50.2 Å². The molecule has 0 saturated heterocycles. The summed E-state index contributed by atoms with van der Waals surface area (Å²) in [5, 5.41) is 3.03. The van der Waals surface area contributed by atoms with E-state index in [0.717, 1.165) is 24.8 Å². The summed E-state index contributed by atoms with van der Waals surface area (Å²) in [4.78, 5) is 12.2. The maximum Gasteiger partial charge on any atom is 0.240 e. The zero-order valence-corrected chi connectivity index (χ0v) is 12.1. The number of nitrogens with one attached hydrogen (secondary N) is 1. The number of nitrogens with two attached hydrogens (primary N) is 1. The third-order valence-corrected chi connectivity index (χ3v) is 4.15. The number of carbonyl (C=O) groups excluding carboxylic acids is 1. The van der Waals surface area contributed by atoms with Crippen LogP contribution in [-0.2, 0) is 11.2 Å². The monoisotopic (exact) mass is 260 g/mol. The predicted molar refractivity (Wildman–Crippen MR) is 77.7 cm³/mol. The molecule has 0 aliphatic heterocycles. The van der Waals surface area contributed by atoms with E-state index in [0.29, 0.717) is 5.92 Å². The average Bonchev–Trinajstić information content (AvgIpc) is 3.23. The first-order valence-corrected chi connectivity index (χ1v) is 7.13. The highest BCUT2D eigenvalue weighted by atomic mass is 16.2. The maximum atomic E-state index is 12.2. The molecule has 0 spiro atoms. The minimum absolute atomic E-state index is 0.0000288. The minimum Gasteiger partial charge on any atom is -0.348 e. The summed E-state index contributed by atoms with van der Waals surface area (Å²) < 4.78 is 0. The summed E-state index contributed by atoms with van der Waals surface area (Å²) in [5.74, 6) is 0.309. The first-order chi connectivity index (χ1) is 8.95. The van der Waals surface area contributed by atoms with Gasteiger partial charge in [0.25, 0.3) is 0 Å². The average molecular weight is 260 g/mol. The Hall–Kier alpha value is -1.35. The lowest BCUT2D eigenvalue weighted by Gasteiger charge is -2.26. The topological polar surface area (TPSA) is 55.1 Å². The maximum absolute atomic E-state index is 12.2. The van der Waals surface area contributed by atoms with Crippen LogP contribution in [0.2, 0.25) is 0 Å². The van der Waals surface area contributed by atoms with Gasteiger partial charge in [0.2, 0.25) is 5.91 Å². The minimum atomic E-state index is -0.725. The van der Waals surface area contributed by atoms with Gasteiger partial charge in [0.1, 0.15) is 0 Å². The Morgan fingerprint density at radius 3 is 2.47 bits per heavy atom. The van der Waals surface area contributed by atoms with Gasteiger partial charge in [-0.15, -0.1) is 0 Å². The van der Waals surface area contributed by atoms with E-state index in [-0.39, 0.29) is 11.9 Å². The van der Waals surface area contributed by atoms with Crippen LogP contribution in [0.15, 0.2) is 24.3 Å². The van der Waals surface area contributed by atoms with Crippen molar-refractivity contribution < 1.29 is 4.79 Å². The predicted octanol–water partition coefficient (Wildman–Crippen LogP) is 2.55. The lowest BCUT2D eigenvalue weighted by Crippen LogP contribution is -2.53. The van der Waals surface area contributed by atoms with E-state index in [1.807, 2.05) is 13.8 Å². The number of benzene rings is 1. The van der Waals surface area contributed by atoms with Crippen LogP contribution in [0, 0.1) is 5.92 Å². The van der Waals surface area contributed by atoms with Crippen molar-refractivity contribution in [3.8, 4) is 0 Å². The van der Waals surface area contributed by atoms with Gasteiger partial charge >= 0.3 is 0 Å². The molecule has 2 rings (SSSR count). The van der Waals surface area contributed by atoms with Gasteiger partial charge in [0.15, 0.2) is 0 Å². The zero-order chi connectivity index (χ0) is 14.0. The molecule has 104 valence electrons. The van der Waals surface area contributed by atoms with Crippen LogP contribution in [-0.4, -0.2) is 11.4 Å². The third kappa shape index (κ3) is 3.16. The molecule has 2 unspecified atom stereocenters. The van der Waals surface area contributed by atoms with E-state index in [9.17, 15) is 4.79 Å². The highest BCUT2D eigenvalue weighted by Gasteiger charge is 2.44. The number of hydrogen-bond acceptors (Lipinski definition) is 2. The van der Waals surface area contributed by atoms with Gasteiger partial charge in [-0.3, -0.25) is 4.79 Å². The largest absolute Gasteiger partial charge is 0.348 e. The summed E-state index contributed by atoms with van der Waals surface area (Å²) in [7, 11) is 0. The Balaban J connectivity index is 1.99. The molecule has 1 aromatic rings. The van der Waals surface area contributed by atoms with Crippen LogP contribution in [0.25, 0.3) is 0 Å². The summed E-state index contributed by atoms with van der Waals surface area (Å²) in [6.45, 7) is 5.98. The number of aryl methyl sites for hydroxylation is 1. The van der Waals surface area contributed by atoms with E-state index >= 15 is 0 Å². The summed E-state index contributed by atoms with van der Waals surface area (Å²) in [5.41, 5.74) is 7.83. The van der Waals surface area contributed by atoms with Crippen LogP contribution >= 0.6 is 0 Å². The lowest BCUT2D eigenvalue weighted by atomic mass is 9.95. The van der Waals surface area contributed by atoms with E-state index in [2.05, 4.69) is 36.5 Å². The highest BCUT2D eigenvalue weighted by Crippen LogP contribution is 2.38. The summed E-state index contributed by atoms with van der Waals surface area (Å²) in [6.07, 6.45) is 3.17. The van der Waals surface area contributed by atoms with Crippen molar-refractivity contribution in [2.45, 2.75) is 51.6 Å². The van der Waals surface area contributed by atoms with Gasteiger partial charge < -0.3 is 11.1 Å². The van der Waals surface area contributed by atoms with Crippen molar-refractivity contribution in [3.63, 3.8) is 0 Å². The molecule has 3 heteroatoms. The Labute approximate surface area is 115 Å². The summed E-state index contributed by atoms with van der Waals surface area (Å²) in [6, 6.07) is 8.38. The molecule has 19 heavy (non-hydrogen) atoms. The number of rotatable bonds is 5. The van der Waals surface area contributed by atoms with Crippen LogP contribution in [0.1, 0.15) is 50.8 Å². The molecule has 1 aliphatic rings. The van der Waals surface area contributed by atoms with Gasteiger partial charge in [0, 0.05) is 0 Å². The molecule has 1 amide bonds. The molecule has 0 heterocycles. The lowest BCUT2D eigenvalue weighted by molar-refractivity contribution is -0.127. The second-order valence-electron chi connectivity index (χ2n) is 5.85. The second kappa shape index (κ2) is 5.33. The van der Waals surface area contributed by atoms with Crippen molar-refractivity contribution in [2.75, 3.05) is 0 Å². The fraction of sp³-hybridized carbons (Fsp3) is 0.562. The van der Waals surface area contributed by atoms with Crippen molar-refractivity contribution in [3.05, 3.63) is 35.4 Å². The number of hydrogen-bond donors (Lipinski definition) is 2. The Morgan fingerprint density at radius 1 is 1.42 bits per heavy atom.